The molecule has 1 unspecified atom stereocenters. The van der Waals surface area contributed by atoms with E-state index < -0.39 is 0 Å². The van der Waals surface area contributed by atoms with E-state index in [-0.39, 0.29) is 11.9 Å². The molecule has 0 radical (unpaired) electrons. The summed E-state index contributed by atoms with van der Waals surface area (Å²) in [6.07, 6.45) is 0. The van der Waals surface area contributed by atoms with Crippen LogP contribution in [-0.4, -0.2) is 5.91 Å². The number of amides is 1. The summed E-state index contributed by atoms with van der Waals surface area (Å²) in [6, 6.07) is 7.34. The minimum absolute atomic E-state index is 0.135. The third-order valence-corrected chi connectivity index (χ3v) is 3.85. The number of rotatable bonds is 3. The number of hydrogen-bond donors (Lipinski definition) is 1. The van der Waals surface area contributed by atoms with Crippen LogP contribution in [0, 0.1) is 20.8 Å². The molecule has 0 saturated carbocycles. The molecule has 1 heterocycles. The van der Waals surface area contributed by atoms with Gasteiger partial charge >= 0.3 is 0 Å². The smallest absolute Gasteiger partial charge is 0.255 e. The van der Waals surface area contributed by atoms with Gasteiger partial charge in [0.1, 0.15) is 11.5 Å². The van der Waals surface area contributed by atoms with Crippen LogP contribution in [0.4, 0.5) is 0 Å². The van der Waals surface area contributed by atoms with Gasteiger partial charge in [0.05, 0.1) is 11.6 Å². The van der Waals surface area contributed by atoms with Crippen molar-refractivity contribution in [3.8, 4) is 0 Å². The lowest BCUT2D eigenvalue weighted by atomic mass is 10.1. The van der Waals surface area contributed by atoms with Crippen LogP contribution in [0.3, 0.4) is 0 Å². The Morgan fingerprint density at radius 3 is 2.40 bits per heavy atom. The Hall–Kier alpha value is -1.74. The maximum atomic E-state index is 12.4. The Morgan fingerprint density at radius 2 is 1.85 bits per heavy atom. The van der Waals surface area contributed by atoms with E-state index in [1.54, 1.807) is 6.92 Å². The van der Waals surface area contributed by atoms with E-state index >= 15 is 0 Å². The highest BCUT2D eigenvalue weighted by molar-refractivity contribution is 6.31. The number of halogens is 1. The van der Waals surface area contributed by atoms with Gasteiger partial charge in [-0.15, -0.1) is 0 Å². The molecule has 0 bridgehead atoms. The van der Waals surface area contributed by atoms with Crippen molar-refractivity contribution in [2.24, 2.45) is 0 Å². The van der Waals surface area contributed by atoms with Gasteiger partial charge in [-0.3, -0.25) is 4.79 Å². The average Bonchev–Trinajstić information content (AvgIpc) is 2.63. The van der Waals surface area contributed by atoms with Gasteiger partial charge in [-0.25, -0.2) is 0 Å². The Labute approximate surface area is 123 Å². The summed E-state index contributed by atoms with van der Waals surface area (Å²) >= 11 is 6.15. The second-order valence-corrected chi connectivity index (χ2v) is 5.34. The molecule has 0 aliphatic carbocycles. The van der Waals surface area contributed by atoms with Crippen molar-refractivity contribution in [2.75, 3.05) is 0 Å². The summed E-state index contributed by atoms with van der Waals surface area (Å²) < 4.78 is 5.49. The van der Waals surface area contributed by atoms with Crippen molar-refractivity contribution in [3.63, 3.8) is 0 Å². The molecule has 1 amide bonds. The summed E-state index contributed by atoms with van der Waals surface area (Å²) in [5, 5.41) is 3.62. The summed E-state index contributed by atoms with van der Waals surface area (Å²) in [7, 11) is 0. The van der Waals surface area contributed by atoms with Crippen LogP contribution in [0.2, 0.25) is 5.02 Å². The van der Waals surface area contributed by atoms with Gasteiger partial charge in [-0.05, 0) is 39.3 Å². The first-order valence-electron chi connectivity index (χ1n) is 6.53. The largest absolute Gasteiger partial charge is 0.466 e. The number of nitrogens with one attached hydrogen (secondary N) is 1. The lowest BCUT2D eigenvalue weighted by molar-refractivity contribution is 0.0938. The number of hydrogen-bond acceptors (Lipinski definition) is 2. The Balaban J connectivity index is 2.22. The minimum atomic E-state index is -0.162. The van der Waals surface area contributed by atoms with Crippen LogP contribution in [-0.2, 0) is 0 Å². The molecule has 2 rings (SSSR count). The van der Waals surface area contributed by atoms with Crippen LogP contribution in [0.25, 0.3) is 0 Å². The molecule has 2 aromatic rings. The predicted octanol–water partition coefficient (Wildman–Crippen LogP) is 4.35. The topological polar surface area (TPSA) is 42.2 Å². The second-order valence-electron chi connectivity index (χ2n) is 4.93. The molecule has 0 saturated heterocycles. The zero-order valence-corrected chi connectivity index (χ0v) is 12.8. The van der Waals surface area contributed by atoms with Crippen molar-refractivity contribution in [3.05, 3.63) is 57.5 Å². The number of carbonyl (C=O) groups excluding carboxylic acids is 1. The Morgan fingerprint density at radius 1 is 1.20 bits per heavy atom. The number of benzene rings is 1. The zero-order valence-electron chi connectivity index (χ0n) is 12.1. The minimum Gasteiger partial charge on any atom is -0.466 e. The van der Waals surface area contributed by atoms with Crippen molar-refractivity contribution < 1.29 is 9.21 Å². The highest BCUT2D eigenvalue weighted by Crippen LogP contribution is 2.24. The lowest BCUT2D eigenvalue weighted by Gasteiger charge is -2.15. The number of aryl methyl sites for hydroxylation is 2. The molecule has 1 aromatic heterocycles. The summed E-state index contributed by atoms with van der Waals surface area (Å²) in [5.41, 5.74) is 2.39. The lowest BCUT2D eigenvalue weighted by Crippen LogP contribution is -2.27. The normalized spacial score (nSPS) is 12.2. The molecule has 20 heavy (non-hydrogen) atoms. The van der Waals surface area contributed by atoms with E-state index in [9.17, 15) is 4.79 Å². The van der Waals surface area contributed by atoms with Crippen LogP contribution >= 0.6 is 11.6 Å². The fourth-order valence-corrected chi connectivity index (χ4v) is 2.60. The second kappa shape index (κ2) is 5.71. The summed E-state index contributed by atoms with van der Waals surface area (Å²) in [6.45, 7) is 7.46. The molecule has 106 valence electrons. The van der Waals surface area contributed by atoms with Crippen LogP contribution in [0.1, 0.15) is 46.0 Å². The average molecular weight is 292 g/mol. The summed E-state index contributed by atoms with van der Waals surface area (Å²) in [4.78, 5) is 12.4. The van der Waals surface area contributed by atoms with E-state index in [0.29, 0.717) is 16.3 Å². The van der Waals surface area contributed by atoms with Gasteiger partial charge < -0.3 is 9.73 Å². The summed E-state index contributed by atoms with van der Waals surface area (Å²) in [5.74, 6) is 1.28. The highest BCUT2D eigenvalue weighted by atomic mass is 35.5. The molecule has 0 aliphatic rings. The van der Waals surface area contributed by atoms with Gasteiger partial charge in [0.2, 0.25) is 0 Å². The zero-order chi connectivity index (χ0) is 14.9. The van der Waals surface area contributed by atoms with E-state index in [4.69, 9.17) is 16.0 Å². The van der Waals surface area contributed by atoms with Gasteiger partial charge in [-0.1, -0.05) is 29.8 Å². The van der Waals surface area contributed by atoms with Crippen molar-refractivity contribution in [2.45, 2.75) is 33.7 Å². The van der Waals surface area contributed by atoms with E-state index in [2.05, 4.69) is 5.32 Å². The first kappa shape index (κ1) is 14.7. The predicted molar refractivity (Wildman–Crippen MR) is 80.3 cm³/mol. The molecule has 0 fully saturated rings. The molecule has 0 aliphatic heterocycles. The molecule has 3 nitrogen and oxygen atoms in total. The molecular formula is C16H18ClNO2. The molecular weight excluding hydrogens is 274 g/mol. The first-order chi connectivity index (χ1) is 9.41. The van der Waals surface area contributed by atoms with Gasteiger partial charge in [0, 0.05) is 10.6 Å². The Bertz CT molecular complexity index is 646. The third kappa shape index (κ3) is 2.73. The maximum Gasteiger partial charge on any atom is 0.255 e. The van der Waals surface area contributed by atoms with Gasteiger partial charge in [-0.2, -0.15) is 0 Å². The standard InChI is InChI=1S/C16H18ClNO2/c1-9-11(3)20-12(4)15(9)16(19)18-10(2)13-7-5-6-8-14(13)17/h5-8,10H,1-4H3,(H,18,19). The van der Waals surface area contributed by atoms with Crippen LogP contribution in [0.5, 0.6) is 0 Å². The molecule has 1 aromatic carbocycles. The Kier molecular flexibility index (Phi) is 4.19. The first-order valence-corrected chi connectivity index (χ1v) is 6.91. The number of furan rings is 1. The van der Waals surface area contributed by atoms with Gasteiger partial charge in [0.25, 0.3) is 5.91 Å². The SMILES string of the molecule is Cc1oc(C)c(C(=O)NC(C)c2ccccc2Cl)c1C. The monoisotopic (exact) mass is 291 g/mol. The van der Waals surface area contributed by atoms with Crippen molar-refractivity contribution in [1.82, 2.24) is 5.32 Å². The fraction of sp³-hybridized carbons (Fsp3) is 0.312. The maximum absolute atomic E-state index is 12.4. The van der Waals surface area contributed by atoms with Crippen LogP contribution < -0.4 is 5.32 Å². The molecule has 1 N–H and O–H groups in total. The molecule has 4 heteroatoms. The quantitative estimate of drug-likeness (QED) is 0.913. The van der Waals surface area contributed by atoms with Crippen molar-refractivity contribution in [1.29, 1.82) is 0 Å². The molecule has 0 spiro atoms. The fourth-order valence-electron chi connectivity index (χ4n) is 2.30. The van der Waals surface area contributed by atoms with E-state index in [1.807, 2.05) is 45.0 Å². The van der Waals surface area contributed by atoms with E-state index in [0.717, 1.165) is 16.9 Å². The number of carbonyl (C=O) groups is 1. The van der Waals surface area contributed by atoms with E-state index in [1.165, 1.54) is 0 Å². The highest BCUT2D eigenvalue weighted by Gasteiger charge is 2.20. The molecule has 1 atom stereocenters. The van der Waals surface area contributed by atoms with Crippen molar-refractivity contribution >= 4 is 17.5 Å². The van der Waals surface area contributed by atoms with Gasteiger partial charge in [0.15, 0.2) is 0 Å². The third-order valence-electron chi connectivity index (χ3n) is 3.51. The van der Waals surface area contributed by atoms with Crippen LogP contribution in [0.15, 0.2) is 28.7 Å².